The van der Waals surface area contributed by atoms with Gasteiger partial charge in [0.05, 0.1) is 28.2 Å². The minimum Gasteiger partial charge on any atom is -0.487 e. The summed E-state index contributed by atoms with van der Waals surface area (Å²) in [6.45, 7) is 4.97. The van der Waals surface area contributed by atoms with Gasteiger partial charge in [-0.05, 0) is 47.4 Å². The highest BCUT2D eigenvalue weighted by Crippen LogP contribution is 2.64. The number of aromatic nitrogens is 3. The van der Waals surface area contributed by atoms with Gasteiger partial charge in [-0.1, -0.05) is 66.2 Å². The monoisotopic (exact) mass is 555 g/mol. The molecule has 186 valence electrons. The van der Waals surface area contributed by atoms with Crippen molar-refractivity contribution < 1.29 is 14.6 Å². The average molecular weight is 556 g/mol. The van der Waals surface area contributed by atoms with Gasteiger partial charge in [-0.25, -0.2) is 9.97 Å². The summed E-state index contributed by atoms with van der Waals surface area (Å²) in [5.41, 5.74) is 4.31. The molecule has 2 heterocycles. The molecular weight excluding hydrogens is 530 g/mol. The van der Waals surface area contributed by atoms with Crippen LogP contribution >= 0.6 is 15.9 Å². The molecule has 5 aromatic rings. The van der Waals surface area contributed by atoms with E-state index in [1.54, 1.807) is 0 Å². The van der Waals surface area contributed by atoms with Crippen molar-refractivity contribution >= 4 is 43.8 Å². The summed E-state index contributed by atoms with van der Waals surface area (Å²) in [7, 11) is 0. The molecule has 0 spiro atoms. The molecule has 0 bridgehead atoms. The normalized spacial score (nSPS) is 18.2. The maximum Gasteiger partial charge on any atom is 0.307 e. The molecule has 7 heteroatoms. The van der Waals surface area contributed by atoms with E-state index in [9.17, 15) is 9.90 Å². The van der Waals surface area contributed by atoms with Gasteiger partial charge in [-0.3, -0.25) is 4.79 Å². The highest BCUT2D eigenvalue weighted by atomic mass is 79.9. The molecule has 6 rings (SSSR count). The Hall–Kier alpha value is -3.71. The summed E-state index contributed by atoms with van der Waals surface area (Å²) in [4.78, 5) is 21.6. The van der Waals surface area contributed by atoms with E-state index in [-0.39, 0.29) is 11.3 Å². The van der Waals surface area contributed by atoms with Crippen LogP contribution in [0.15, 0.2) is 83.3 Å². The van der Waals surface area contributed by atoms with Crippen LogP contribution in [-0.4, -0.2) is 25.6 Å². The van der Waals surface area contributed by atoms with Crippen LogP contribution in [0.25, 0.3) is 21.9 Å². The Morgan fingerprint density at radius 1 is 1.00 bits per heavy atom. The summed E-state index contributed by atoms with van der Waals surface area (Å²) in [6, 6.07) is 26.1. The van der Waals surface area contributed by atoms with Gasteiger partial charge in [0.25, 0.3) is 0 Å². The van der Waals surface area contributed by atoms with Crippen LogP contribution in [0.5, 0.6) is 5.75 Å². The van der Waals surface area contributed by atoms with Crippen molar-refractivity contribution in [2.24, 2.45) is 11.3 Å². The van der Waals surface area contributed by atoms with Crippen molar-refractivity contribution in [3.8, 4) is 5.75 Å². The number of pyridine rings is 1. The molecule has 2 aromatic heterocycles. The summed E-state index contributed by atoms with van der Waals surface area (Å²) in [5, 5.41) is 10.9. The van der Waals surface area contributed by atoms with E-state index in [2.05, 4.69) is 38.7 Å². The topological polar surface area (TPSA) is 77.2 Å². The molecule has 6 nitrogen and oxygen atoms in total. The van der Waals surface area contributed by atoms with Crippen LogP contribution in [-0.2, 0) is 17.9 Å². The smallest absolute Gasteiger partial charge is 0.307 e. The summed E-state index contributed by atoms with van der Waals surface area (Å²) in [6.07, 6.45) is 0. The molecule has 0 aliphatic heterocycles. The number of carboxylic acid groups (broad SMARTS) is 1. The Morgan fingerprint density at radius 2 is 1.78 bits per heavy atom. The van der Waals surface area contributed by atoms with E-state index in [4.69, 9.17) is 14.7 Å². The lowest BCUT2D eigenvalue weighted by molar-refractivity contribution is -0.139. The Bertz CT molecular complexity index is 1640. The third-order valence-electron chi connectivity index (χ3n) is 7.42. The largest absolute Gasteiger partial charge is 0.487 e. The number of benzene rings is 3. The van der Waals surface area contributed by atoms with Crippen molar-refractivity contribution in [3.05, 3.63) is 100 Å². The molecule has 37 heavy (non-hydrogen) atoms. The van der Waals surface area contributed by atoms with Crippen molar-refractivity contribution in [2.75, 3.05) is 0 Å². The number of carboxylic acids is 1. The Balaban J connectivity index is 1.33. The van der Waals surface area contributed by atoms with E-state index < -0.39 is 11.9 Å². The fourth-order valence-electron chi connectivity index (χ4n) is 5.32. The summed E-state index contributed by atoms with van der Waals surface area (Å²) < 4.78 is 9.27. The Morgan fingerprint density at radius 3 is 2.54 bits per heavy atom. The van der Waals surface area contributed by atoms with Crippen LogP contribution in [0.4, 0.5) is 0 Å². The molecule has 1 saturated carbocycles. The van der Waals surface area contributed by atoms with Gasteiger partial charge in [-0.2, -0.15) is 0 Å². The van der Waals surface area contributed by atoms with Gasteiger partial charge >= 0.3 is 5.97 Å². The lowest BCUT2D eigenvalue weighted by Crippen LogP contribution is -2.07. The lowest BCUT2D eigenvalue weighted by atomic mass is 10.1. The van der Waals surface area contributed by atoms with Gasteiger partial charge in [0.15, 0.2) is 0 Å². The molecule has 3 aromatic carbocycles. The molecule has 0 saturated heterocycles. The van der Waals surface area contributed by atoms with E-state index in [0.717, 1.165) is 43.5 Å². The lowest BCUT2D eigenvalue weighted by Gasteiger charge is -2.11. The third kappa shape index (κ3) is 4.37. The number of halogens is 1. The zero-order chi connectivity index (χ0) is 25.7. The summed E-state index contributed by atoms with van der Waals surface area (Å²) in [5.74, 6) is 0.127. The fraction of sp³-hybridized carbons (Fsp3) is 0.233. The second-order valence-corrected chi connectivity index (χ2v) is 11.1. The number of rotatable bonds is 7. The molecule has 1 fully saturated rings. The van der Waals surface area contributed by atoms with Crippen LogP contribution in [0.3, 0.4) is 0 Å². The second kappa shape index (κ2) is 8.99. The zero-order valence-corrected chi connectivity index (χ0v) is 22.1. The van der Waals surface area contributed by atoms with Gasteiger partial charge in [-0.15, -0.1) is 0 Å². The third-order valence-corrected chi connectivity index (χ3v) is 7.95. The standard InChI is InChI=1S/C30H26BrN3O3/c1-30(2)26(27(30)29(35)36)28-33-24-15-22(37-17-21-12-9-19-5-3-4-6-23(19)32-21)13-14-25(24)34(28)16-18-7-10-20(31)11-8-18/h3-15,26-27H,16-17H2,1-2H3,(H,35,36)/t26-,27+/m0/s1. The Kier molecular flexibility index (Phi) is 5.75. The molecule has 1 aliphatic rings. The molecule has 0 amide bonds. The van der Waals surface area contributed by atoms with Gasteiger partial charge < -0.3 is 14.4 Å². The number of fused-ring (bicyclic) bond motifs is 2. The van der Waals surface area contributed by atoms with Gasteiger partial charge in [0.2, 0.25) is 0 Å². The SMILES string of the molecule is CC1(C)[C@H](c2nc3cc(OCc4ccc5ccccc5n4)ccc3n2Cc2ccc(Br)cc2)[C@@H]1C(=O)O. The highest BCUT2D eigenvalue weighted by molar-refractivity contribution is 9.10. The molecule has 0 unspecified atom stereocenters. The van der Waals surface area contributed by atoms with E-state index >= 15 is 0 Å². The number of carbonyl (C=O) groups is 1. The van der Waals surface area contributed by atoms with Gasteiger partial charge in [0.1, 0.15) is 18.2 Å². The van der Waals surface area contributed by atoms with E-state index in [0.29, 0.717) is 18.9 Å². The number of nitrogens with zero attached hydrogens (tertiary/aromatic N) is 3. The minimum atomic E-state index is -0.774. The van der Waals surface area contributed by atoms with Crippen LogP contribution in [0.2, 0.25) is 0 Å². The molecule has 0 radical (unpaired) electrons. The van der Waals surface area contributed by atoms with Crippen LogP contribution < -0.4 is 4.74 Å². The molecule has 1 aliphatic carbocycles. The number of aliphatic carboxylic acids is 1. The average Bonchev–Trinajstić information content (AvgIpc) is 3.31. The number of para-hydroxylation sites is 1. The van der Waals surface area contributed by atoms with Gasteiger partial charge in [0, 0.05) is 28.4 Å². The number of hydrogen-bond donors (Lipinski definition) is 1. The molecule has 1 N–H and O–H groups in total. The number of ether oxygens (including phenoxy) is 1. The first-order valence-electron chi connectivity index (χ1n) is 12.3. The minimum absolute atomic E-state index is 0.154. The first kappa shape index (κ1) is 23.7. The van der Waals surface area contributed by atoms with Crippen LogP contribution in [0, 0.1) is 11.3 Å². The van der Waals surface area contributed by atoms with E-state index in [1.165, 1.54) is 0 Å². The van der Waals surface area contributed by atoms with E-state index in [1.807, 2.05) is 74.5 Å². The highest BCUT2D eigenvalue weighted by Gasteiger charge is 2.64. The fourth-order valence-corrected chi connectivity index (χ4v) is 5.58. The number of hydrogen-bond acceptors (Lipinski definition) is 4. The zero-order valence-electron chi connectivity index (χ0n) is 20.6. The maximum atomic E-state index is 12.0. The van der Waals surface area contributed by atoms with Crippen molar-refractivity contribution in [2.45, 2.75) is 32.9 Å². The number of imidazole rings is 1. The maximum absolute atomic E-state index is 12.0. The first-order chi connectivity index (χ1) is 17.8. The van der Waals surface area contributed by atoms with Crippen molar-refractivity contribution in [3.63, 3.8) is 0 Å². The second-order valence-electron chi connectivity index (χ2n) is 10.2. The Labute approximate surface area is 223 Å². The summed E-state index contributed by atoms with van der Waals surface area (Å²) >= 11 is 3.50. The van der Waals surface area contributed by atoms with Crippen molar-refractivity contribution in [1.82, 2.24) is 14.5 Å². The quantitative estimate of drug-likeness (QED) is 0.239. The molecular formula is C30H26BrN3O3. The predicted molar refractivity (Wildman–Crippen MR) is 147 cm³/mol. The first-order valence-corrected chi connectivity index (χ1v) is 13.1. The van der Waals surface area contributed by atoms with Crippen molar-refractivity contribution in [1.29, 1.82) is 0 Å². The molecule has 2 atom stereocenters. The van der Waals surface area contributed by atoms with Crippen LogP contribution in [0.1, 0.15) is 36.8 Å². The predicted octanol–water partition coefficient (Wildman–Crippen LogP) is 6.80.